The van der Waals surface area contributed by atoms with E-state index in [0.29, 0.717) is 5.92 Å². The minimum absolute atomic E-state index is 0.00152. The van der Waals surface area contributed by atoms with E-state index in [-0.39, 0.29) is 5.91 Å². The molecule has 24 heavy (non-hydrogen) atoms. The highest BCUT2D eigenvalue weighted by molar-refractivity contribution is 5.80. The van der Waals surface area contributed by atoms with Gasteiger partial charge in [0.15, 0.2) is 6.10 Å². The summed E-state index contributed by atoms with van der Waals surface area (Å²) >= 11 is 0. The Hall–Kier alpha value is -1.51. The molecule has 1 aromatic rings. The van der Waals surface area contributed by atoms with Gasteiger partial charge in [-0.2, -0.15) is 0 Å². The first-order chi connectivity index (χ1) is 11.7. The quantitative estimate of drug-likeness (QED) is 0.714. The number of ether oxygens (including phenoxy) is 1. The number of benzene rings is 1. The van der Waals surface area contributed by atoms with Gasteiger partial charge in [-0.3, -0.25) is 4.79 Å². The van der Waals surface area contributed by atoms with E-state index < -0.39 is 6.10 Å². The van der Waals surface area contributed by atoms with Gasteiger partial charge in [0, 0.05) is 6.54 Å². The second kappa shape index (κ2) is 9.71. The Bertz CT molecular complexity index is 527. The average molecular weight is 332 g/mol. The number of carbonyl (C=O) groups excluding carboxylic acids is 1. The van der Waals surface area contributed by atoms with Gasteiger partial charge in [-0.25, -0.2) is 0 Å². The van der Waals surface area contributed by atoms with Gasteiger partial charge in [0.2, 0.25) is 0 Å². The van der Waals surface area contributed by atoms with Crippen molar-refractivity contribution in [3.63, 3.8) is 0 Å². The highest BCUT2D eigenvalue weighted by Crippen LogP contribution is 2.30. The van der Waals surface area contributed by atoms with Crippen LogP contribution in [-0.2, 0) is 17.6 Å². The number of rotatable bonds is 9. The molecule has 0 radical (unpaired) electrons. The van der Waals surface area contributed by atoms with Gasteiger partial charge in [0.25, 0.3) is 5.91 Å². The van der Waals surface area contributed by atoms with Crippen molar-refractivity contribution in [3.05, 3.63) is 29.3 Å². The van der Waals surface area contributed by atoms with Gasteiger partial charge in [0.1, 0.15) is 5.75 Å². The van der Waals surface area contributed by atoms with E-state index in [4.69, 9.17) is 4.74 Å². The normalized spacial score (nSPS) is 16.1. The third kappa shape index (κ3) is 5.25. The number of aryl methyl sites for hydroxylation is 1. The minimum Gasteiger partial charge on any atom is -0.481 e. The summed E-state index contributed by atoms with van der Waals surface area (Å²) in [7, 11) is 0. The SMILES string of the molecule is CCCC[C@@H](CC)CNC(=O)[C@H](C)Oc1cccc2c1CCCC2. The molecule has 1 aliphatic carbocycles. The van der Waals surface area contributed by atoms with E-state index in [1.165, 1.54) is 43.2 Å². The predicted octanol–water partition coefficient (Wildman–Crippen LogP) is 4.67. The largest absolute Gasteiger partial charge is 0.481 e. The van der Waals surface area contributed by atoms with Crippen LogP contribution >= 0.6 is 0 Å². The fourth-order valence-corrected chi connectivity index (χ4v) is 3.43. The maximum absolute atomic E-state index is 12.4. The van der Waals surface area contributed by atoms with E-state index in [2.05, 4.69) is 25.2 Å². The molecule has 0 spiro atoms. The third-order valence-corrected chi connectivity index (χ3v) is 5.13. The molecular weight excluding hydrogens is 298 g/mol. The van der Waals surface area contributed by atoms with Crippen LogP contribution < -0.4 is 10.1 Å². The van der Waals surface area contributed by atoms with Crippen molar-refractivity contribution in [2.75, 3.05) is 6.54 Å². The molecule has 1 N–H and O–H groups in total. The fraction of sp³-hybridized carbons (Fsp3) is 0.667. The molecule has 0 unspecified atom stereocenters. The molecule has 0 aromatic heterocycles. The first-order valence-electron chi connectivity index (χ1n) is 9.70. The number of carbonyl (C=O) groups is 1. The molecule has 1 amide bonds. The topological polar surface area (TPSA) is 38.3 Å². The number of hydrogen-bond donors (Lipinski definition) is 1. The van der Waals surface area contributed by atoms with E-state index >= 15 is 0 Å². The second-order valence-corrected chi connectivity index (χ2v) is 7.02. The Morgan fingerprint density at radius 1 is 1.25 bits per heavy atom. The smallest absolute Gasteiger partial charge is 0.260 e. The average Bonchev–Trinajstić information content (AvgIpc) is 2.62. The molecule has 0 heterocycles. The molecule has 1 aromatic carbocycles. The third-order valence-electron chi connectivity index (χ3n) is 5.13. The van der Waals surface area contributed by atoms with Gasteiger partial charge in [-0.05, 0) is 62.1 Å². The van der Waals surface area contributed by atoms with Gasteiger partial charge in [0.05, 0.1) is 0 Å². The lowest BCUT2D eigenvalue weighted by atomic mass is 9.91. The minimum atomic E-state index is -0.442. The molecule has 0 bridgehead atoms. The molecule has 2 atom stereocenters. The van der Waals surface area contributed by atoms with Crippen LogP contribution in [0.2, 0.25) is 0 Å². The van der Waals surface area contributed by atoms with Gasteiger partial charge < -0.3 is 10.1 Å². The van der Waals surface area contributed by atoms with Crippen molar-refractivity contribution >= 4 is 5.91 Å². The summed E-state index contributed by atoms with van der Waals surface area (Å²) in [6.45, 7) is 7.02. The summed E-state index contributed by atoms with van der Waals surface area (Å²) in [5, 5.41) is 3.08. The van der Waals surface area contributed by atoms with Crippen molar-refractivity contribution < 1.29 is 9.53 Å². The maximum atomic E-state index is 12.4. The number of fused-ring (bicyclic) bond motifs is 1. The van der Waals surface area contributed by atoms with Crippen molar-refractivity contribution in [2.45, 2.75) is 78.2 Å². The van der Waals surface area contributed by atoms with Gasteiger partial charge in [-0.15, -0.1) is 0 Å². The summed E-state index contributed by atoms with van der Waals surface area (Å²) in [6, 6.07) is 6.23. The zero-order chi connectivity index (χ0) is 17.4. The Morgan fingerprint density at radius 3 is 2.79 bits per heavy atom. The molecule has 3 heteroatoms. The standard InChI is InChI=1S/C21H33NO2/c1-4-6-10-17(5-2)15-22-21(23)16(3)24-20-14-9-12-18-11-7-8-13-19(18)20/h9,12,14,16-17H,4-8,10-11,13,15H2,1-3H3,(H,22,23)/t16-,17+/m0/s1. The maximum Gasteiger partial charge on any atom is 0.260 e. The van der Waals surface area contributed by atoms with Crippen LogP contribution in [0, 0.1) is 5.92 Å². The molecule has 0 aliphatic heterocycles. The zero-order valence-electron chi connectivity index (χ0n) is 15.6. The Labute approximate surface area is 147 Å². The lowest BCUT2D eigenvalue weighted by Crippen LogP contribution is -2.39. The first kappa shape index (κ1) is 18.8. The lowest BCUT2D eigenvalue weighted by molar-refractivity contribution is -0.127. The number of unbranched alkanes of at least 4 members (excludes halogenated alkanes) is 1. The Kier molecular flexibility index (Phi) is 7.61. The second-order valence-electron chi connectivity index (χ2n) is 7.02. The summed E-state index contributed by atoms with van der Waals surface area (Å²) in [5.74, 6) is 1.47. The fourth-order valence-electron chi connectivity index (χ4n) is 3.43. The van der Waals surface area contributed by atoms with Gasteiger partial charge in [-0.1, -0.05) is 45.2 Å². The lowest BCUT2D eigenvalue weighted by Gasteiger charge is -2.22. The van der Waals surface area contributed by atoms with E-state index in [9.17, 15) is 4.79 Å². The van der Waals surface area contributed by atoms with Crippen LogP contribution in [0.5, 0.6) is 5.75 Å². The summed E-state index contributed by atoms with van der Waals surface area (Å²) < 4.78 is 6.01. The van der Waals surface area contributed by atoms with Crippen molar-refractivity contribution in [2.24, 2.45) is 5.92 Å². The number of hydrogen-bond acceptors (Lipinski definition) is 2. The Balaban J connectivity index is 1.88. The molecule has 0 saturated carbocycles. The van der Waals surface area contributed by atoms with Crippen molar-refractivity contribution in [1.82, 2.24) is 5.32 Å². The van der Waals surface area contributed by atoms with Crippen LogP contribution in [0.15, 0.2) is 18.2 Å². The van der Waals surface area contributed by atoms with Crippen LogP contribution in [-0.4, -0.2) is 18.6 Å². The highest BCUT2D eigenvalue weighted by Gasteiger charge is 2.19. The van der Waals surface area contributed by atoms with Crippen LogP contribution in [0.4, 0.5) is 0 Å². The van der Waals surface area contributed by atoms with E-state index in [0.717, 1.165) is 31.6 Å². The van der Waals surface area contributed by atoms with Crippen LogP contribution in [0.1, 0.15) is 70.4 Å². The van der Waals surface area contributed by atoms with E-state index in [1.807, 2.05) is 19.1 Å². The molecular formula is C21H33NO2. The molecule has 0 fully saturated rings. The zero-order valence-corrected chi connectivity index (χ0v) is 15.6. The van der Waals surface area contributed by atoms with Crippen LogP contribution in [0.3, 0.4) is 0 Å². The predicted molar refractivity (Wildman–Crippen MR) is 99.5 cm³/mol. The number of amides is 1. The van der Waals surface area contributed by atoms with Crippen molar-refractivity contribution in [3.8, 4) is 5.75 Å². The molecule has 0 saturated heterocycles. The van der Waals surface area contributed by atoms with Crippen LogP contribution in [0.25, 0.3) is 0 Å². The first-order valence-corrected chi connectivity index (χ1v) is 9.70. The molecule has 2 rings (SSSR count). The van der Waals surface area contributed by atoms with Crippen molar-refractivity contribution in [1.29, 1.82) is 0 Å². The molecule has 3 nitrogen and oxygen atoms in total. The Morgan fingerprint density at radius 2 is 2.04 bits per heavy atom. The molecule has 1 aliphatic rings. The molecule has 134 valence electrons. The summed E-state index contributed by atoms with van der Waals surface area (Å²) in [6.07, 6.45) is 8.96. The summed E-state index contributed by atoms with van der Waals surface area (Å²) in [4.78, 5) is 12.4. The highest BCUT2D eigenvalue weighted by atomic mass is 16.5. The van der Waals surface area contributed by atoms with E-state index in [1.54, 1.807) is 0 Å². The number of nitrogens with one attached hydrogen (secondary N) is 1. The summed E-state index contributed by atoms with van der Waals surface area (Å²) in [5.41, 5.74) is 2.69. The monoisotopic (exact) mass is 331 g/mol. The van der Waals surface area contributed by atoms with Gasteiger partial charge >= 0.3 is 0 Å².